The highest BCUT2D eigenvalue weighted by atomic mass is 16.2. The van der Waals surface area contributed by atoms with E-state index in [1.165, 1.54) is 0 Å². The second-order valence-corrected chi connectivity index (χ2v) is 8.55. The van der Waals surface area contributed by atoms with Gasteiger partial charge in [-0.05, 0) is 45.8 Å². The SMILES string of the molecule is C/C=C(\N=C(/C)NC(=O)C1=CC(N2CCN(CC)C(=O)C2)=CCN1C)c1nncn1C1CC1. The van der Waals surface area contributed by atoms with Gasteiger partial charge in [0.05, 0.1) is 6.54 Å². The minimum atomic E-state index is -0.234. The van der Waals surface area contributed by atoms with Gasteiger partial charge in [-0.1, -0.05) is 6.08 Å². The molecule has 0 spiro atoms. The first-order chi connectivity index (χ1) is 15.9. The second kappa shape index (κ2) is 9.60. The van der Waals surface area contributed by atoms with Crippen LogP contribution < -0.4 is 5.32 Å². The highest BCUT2D eigenvalue weighted by molar-refractivity contribution is 6.06. The van der Waals surface area contributed by atoms with Crippen LogP contribution in [0.2, 0.25) is 0 Å². The minimum Gasteiger partial charge on any atom is -0.366 e. The van der Waals surface area contributed by atoms with Crippen LogP contribution in [0.3, 0.4) is 0 Å². The summed E-state index contributed by atoms with van der Waals surface area (Å²) in [4.78, 5) is 35.8. The zero-order valence-corrected chi connectivity index (χ0v) is 19.8. The lowest BCUT2D eigenvalue weighted by atomic mass is 10.1. The van der Waals surface area contributed by atoms with E-state index >= 15 is 0 Å². The van der Waals surface area contributed by atoms with Crippen LogP contribution in [0.15, 0.2) is 40.9 Å². The van der Waals surface area contributed by atoms with E-state index in [4.69, 9.17) is 0 Å². The number of carbonyl (C=O) groups is 2. The van der Waals surface area contributed by atoms with Gasteiger partial charge in [0, 0.05) is 45.0 Å². The number of rotatable bonds is 6. The van der Waals surface area contributed by atoms with E-state index in [2.05, 4.69) is 26.6 Å². The number of nitrogens with zero attached hydrogens (tertiary/aromatic N) is 7. The van der Waals surface area contributed by atoms with Crippen molar-refractivity contribution in [1.29, 1.82) is 0 Å². The van der Waals surface area contributed by atoms with Gasteiger partial charge in [-0.3, -0.25) is 9.59 Å². The van der Waals surface area contributed by atoms with Crippen LogP contribution in [0.1, 0.15) is 45.5 Å². The largest absolute Gasteiger partial charge is 0.366 e. The molecule has 33 heavy (non-hydrogen) atoms. The topological polar surface area (TPSA) is 99.0 Å². The van der Waals surface area contributed by atoms with Gasteiger partial charge in [-0.2, -0.15) is 0 Å². The lowest BCUT2D eigenvalue weighted by Crippen LogP contribution is -2.50. The molecular weight excluding hydrogens is 420 g/mol. The number of carbonyl (C=O) groups excluding carboxylic acids is 2. The molecule has 3 aliphatic rings. The Kier molecular flexibility index (Phi) is 6.62. The molecule has 2 fully saturated rings. The van der Waals surface area contributed by atoms with Crippen molar-refractivity contribution in [3.05, 3.63) is 41.8 Å². The number of aromatic nitrogens is 3. The fourth-order valence-corrected chi connectivity index (χ4v) is 4.09. The molecule has 2 amide bonds. The molecule has 0 radical (unpaired) electrons. The number of aliphatic imine (C=N–C) groups is 1. The first-order valence-corrected chi connectivity index (χ1v) is 11.5. The van der Waals surface area contributed by atoms with Crippen LogP contribution >= 0.6 is 0 Å². The number of piperazine rings is 1. The third-order valence-electron chi connectivity index (χ3n) is 6.17. The second-order valence-electron chi connectivity index (χ2n) is 8.55. The summed E-state index contributed by atoms with van der Waals surface area (Å²) in [6.07, 6.45) is 9.75. The summed E-state index contributed by atoms with van der Waals surface area (Å²) >= 11 is 0. The van der Waals surface area contributed by atoms with Crippen LogP contribution in [0, 0.1) is 0 Å². The normalized spacial score (nSPS) is 20.1. The van der Waals surface area contributed by atoms with Crippen LogP contribution in [-0.2, 0) is 9.59 Å². The molecule has 1 aromatic rings. The molecule has 0 unspecified atom stereocenters. The monoisotopic (exact) mass is 452 g/mol. The summed E-state index contributed by atoms with van der Waals surface area (Å²) in [5, 5.41) is 11.2. The van der Waals surface area contributed by atoms with Crippen LogP contribution in [0.4, 0.5) is 0 Å². The molecule has 1 N–H and O–H groups in total. The lowest BCUT2D eigenvalue weighted by Gasteiger charge is -2.37. The van der Waals surface area contributed by atoms with E-state index in [0.29, 0.717) is 48.7 Å². The summed E-state index contributed by atoms with van der Waals surface area (Å²) in [5.41, 5.74) is 2.12. The van der Waals surface area contributed by atoms with Crippen molar-refractivity contribution >= 4 is 23.3 Å². The highest BCUT2D eigenvalue weighted by Crippen LogP contribution is 2.36. The van der Waals surface area contributed by atoms with Gasteiger partial charge in [0.25, 0.3) is 5.91 Å². The van der Waals surface area contributed by atoms with Crippen molar-refractivity contribution in [2.45, 2.75) is 39.7 Å². The van der Waals surface area contributed by atoms with Gasteiger partial charge < -0.3 is 24.6 Å². The third kappa shape index (κ3) is 4.99. The molecule has 2 aliphatic heterocycles. The van der Waals surface area contributed by atoms with Crippen molar-refractivity contribution in [2.75, 3.05) is 39.8 Å². The Balaban J connectivity index is 1.45. The third-order valence-corrected chi connectivity index (χ3v) is 6.17. The fourth-order valence-electron chi connectivity index (χ4n) is 4.09. The first-order valence-electron chi connectivity index (χ1n) is 11.5. The molecule has 1 saturated carbocycles. The summed E-state index contributed by atoms with van der Waals surface area (Å²) in [5.74, 6) is 1.07. The van der Waals surface area contributed by atoms with E-state index in [0.717, 1.165) is 31.6 Å². The van der Waals surface area contributed by atoms with Gasteiger partial charge in [-0.25, -0.2) is 4.99 Å². The number of amidine groups is 1. The van der Waals surface area contributed by atoms with Gasteiger partial charge in [-0.15, -0.1) is 10.2 Å². The van der Waals surface area contributed by atoms with Crippen molar-refractivity contribution in [3.8, 4) is 0 Å². The molecular formula is C23H32N8O2. The summed E-state index contributed by atoms with van der Waals surface area (Å²) < 4.78 is 2.04. The van der Waals surface area contributed by atoms with Crippen molar-refractivity contribution < 1.29 is 9.59 Å². The Morgan fingerprint density at radius 2 is 2.12 bits per heavy atom. The maximum absolute atomic E-state index is 13.1. The van der Waals surface area contributed by atoms with Crippen molar-refractivity contribution in [3.63, 3.8) is 0 Å². The molecule has 176 valence electrons. The number of hydrogen-bond acceptors (Lipinski definition) is 7. The summed E-state index contributed by atoms with van der Waals surface area (Å²) in [6, 6.07) is 0.437. The minimum absolute atomic E-state index is 0.115. The predicted molar refractivity (Wildman–Crippen MR) is 126 cm³/mol. The maximum atomic E-state index is 13.1. The van der Waals surface area contributed by atoms with E-state index in [9.17, 15) is 9.59 Å². The molecule has 1 saturated heterocycles. The maximum Gasteiger partial charge on any atom is 0.272 e. The molecule has 0 bridgehead atoms. The van der Waals surface area contributed by atoms with Crippen LogP contribution in [0.5, 0.6) is 0 Å². The Labute approximate surface area is 194 Å². The molecule has 10 nitrogen and oxygen atoms in total. The Morgan fingerprint density at radius 3 is 2.79 bits per heavy atom. The van der Waals surface area contributed by atoms with Gasteiger partial charge in [0.15, 0.2) is 5.82 Å². The van der Waals surface area contributed by atoms with E-state index in [1.807, 2.05) is 52.3 Å². The van der Waals surface area contributed by atoms with Gasteiger partial charge in [0.1, 0.15) is 23.6 Å². The highest BCUT2D eigenvalue weighted by Gasteiger charge is 2.28. The van der Waals surface area contributed by atoms with E-state index < -0.39 is 0 Å². The van der Waals surface area contributed by atoms with E-state index in [-0.39, 0.29) is 11.8 Å². The number of nitrogens with one attached hydrogen (secondary N) is 1. The predicted octanol–water partition coefficient (Wildman–Crippen LogP) is 1.39. The zero-order valence-electron chi connectivity index (χ0n) is 19.8. The van der Waals surface area contributed by atoms with Crippen LogP contribution in [-0.4, -0.2) is 86.9 Å². The average Bonchev–Trinajstić information content (AvgIpc) is 3.54. The van der Waals surface area contributed by atoms with Crippen LogP contribution in [0.25, 0.3) is 5.70 Å². The summed E-state index contributed by atoms with van der Waals surface area (Å²) in [7, 11) is 1.88. The first kappa shape index (κ1) is 22.8. The number of likely N-dealkylation sites (N-methyl/N-ethyl adjacent to an activating group) is 2. The average molecular weight is 453 g/mol. The lowest BCUT2D eigenvalue weighted by molar-refractivity contribution is -0.134. The standard InChI is InChI=1S/C23H32N8O2/c1-5-19(22-27-24-15-31(22)17-7-8-17)25-16(3)26-23(33)20-13-18(9-10-28(20)4)30-12-11-29(6-2)21(32)14-30/h5,9,13,15,17H,6-8,10-12,14H2,1-4H3,(H,25,26,33)/b19-5-. The Hall–Kier alpha value is -3.43. The van der Waals surface area contributed by atoms with Crippen molar-refractivity contribution in [1.82, 2.24) is 34.8 Å². The molecule has 1 aromatic heterocycles. The molecule has 4 rings (SSSR count). The Bertz CT molecular complexity index is 1050. The van der Waals surface area contributed by atoms with Gasteiger partial charge in [0.2, 0.25) is 5.91 Å². The fraction of sp³-hybridized carbons (Fsp3) is 0.522. The van der Waals surface area contributed by atoms with Crippen molar-refractivity contribution in [2.24, 2.45) is 4.99 Å². The number of hydrogen-bond donors (Lipinski definition) is 1. The molecule has 1 aliphatic carbocycles. The van der Waals surface area contributed by atoms with E-state index in [1.54, 1.807) is 13.3 Å². The number of allylic oxidation sites excluding steroid dienone is 2. The van der Waals surface area contributed by atoms with Gasteiger partial charge >= 0.3 is 0 Å². The Morgan fingerprint density at radius 1 is 1.33 bits per heavy atom. The zero-order chi connectivity index (χ0) is 23.5. The molecule has 10 heteroatoms. The molecule has 3 heterocycles. The smallest absolute Gasteiger partial charge is 0.272 e. The quantitative estimate of drug-likeness (QED) is 0.517. The summed E-state index contributed by atoms with van der Waals surface area (Å²) in [6.45, 7) is 8.76. The number of amides is 2. The molecule has 0 atom stereocenters. The molecule has 0 aromatic carbocycles.